The van der Waals surface area contributed by atoms with Crippen LogP contribution in [0.5, 0.6) is 0 Å². The van der Waals surface area contributed by atoms with E-state index in [2.05, 4.69) is 15.3 Å². The molecule has 0 saturated heterocycles. The van der Waals surface area contributed by atoms with E-state index in [1.165, 1.54) is 18.3 Å². The van der Waals surface area contributed by atoms with E-state index in [4.69, 9.17) is 16.7 Å². The highest BCUT2D eigenvalue weighted by Crippen LogP contribution is 2.35. The summed E-state index contributed by atoms with van der Waals surface area (Å²) in [5.41, 5.74) is -1.73. The van der Waals surface area contributed by atoms with Gasteiger partial charge in [0.05, 0.1) is 6.61 Å². The van der Waals surface area contributed by atoms with Gasteiger partial charge in [-0.1, -0.05) is 11.6 Å². The number of nitrogens with zero attached hydrogens (tertiary/aromatic N) is 4. The lowest BCUT2D eigenvalue weighted by Crippen LogP contribution is -2.10. The van der Waals surface area contributed by atoms with Gasteiger partial charge in [-0.2, -0.15) is 23.4 Å². The van der Waals surface area contributed by atoms with E-state index in [0.717, 1.165) is 4.68 Å². The van der Waals surface area contributed by atoms with Crippen LogP contribution in [0.3, 0.4) is 0 Å². The van der Waals surface area contributed by atoms with Gasteiger partial charge >= 0.3 is 6.18 Å². The van der Waals surface area contributed by atoms with Crippen LogP contribution in [0.25, 0.3) is 5.82 Å². The fraction of sp³-hybridized carbons (Fsp3) is 0.222. The molecule has 0 atom stereocenters. The van der Waals surface area contributed by atoms with Crippen molar-refractivity contribution in [3.8, 4) is 5.82 Å². The standard InChI is InChI=1S/C9H6ClF3N4O/c10-8-5(4-18)7(9(11,12)13)16-17(8)6-2-1-3-14-15-6/h1-3,18H,4H2. The summed E-state index contributed by atoms with van der Waals surface area (Å²) in [4.78, 5) is 0. The molecule has 0 aromatic carbocycles. The van der Waals surface area contributed by atoms with Crippen molar-refractivity contribution in [3.05, 3.63) is 34.7 Å². The Morgan fingerprint density at radius 1 is 1.39 bits per heavy atom. The molecule has 96 valence electrons. The van der Waals surface area contributed by atoms with Gasteiger partial charge in [0, 0.05) is 11.8 Å². The Hall–Kier alpha value is -1.67. The zero-order valence-electron chi connectivity index (χ0n) is 8.69. The molecule has 0 unspecified atom stereocenters. The quantitative estimate of drug-likeness (QED) is 0.910. The van der Waals surface area contributed by atoms with Crippen LogP contribution in [0, 0.1) is 0 Å². The summed E-state index contributed by atoms with van der Waals surface area (Å²) >= 11 is 5.74. The number of alkyl halides is 3. The van der Waals surface area contributed by atoms with Crippen molar-refractivity contribution >= 4 is 11.6 Å². The smallest absolute Gasteiger partial charge is 0.391 e. The molecule has 9 heteroatoms. The van der Waals surface area contributed by atoms with Crippen molar-refractivity contribution in [2.75, 3.05) is 0 Å². The number of aromatic nitrogens is 4. The number of hydrogen-bond donors (Lipinski definition) is 1. The van der Waals surface area contributed by atoms with E-state index in [1.54, 1.807) is 0 Å². The second-order valence-electron chi connectivity index (χ2n) is 3.27. The Morgan fingerprint density at radius 2 is 2.11 bits per heavy atom. The SMILES string of the molecule is OCc1c(C(F)(F)F)nn(-c2cccnn2)c1Cl. The van der Waals surface area contributed by atoms with E-state index < -0.39 is 24.0 Å². The summed E-state index contributed by atoms with van der Waals surface area (Å²) in [5, 5.41) is 19.0. The minimum Gasteiger partial charge on any atom is -0.391 e. The summed E-state index contributed by atoms with van der Waals surface area (Å²) < 4.78 is 38.8. The predicted octanol–water partition coefficient (Wildman–Crippen LogP) is 1.83. The zero-order valence-corrected chi connectivity index (χ0v) is 9.44. The van der Waals surface area contributed by atoms with E-state index in [1.807, 2.05) is 0 Å². The fourth-order valence-corrected chi connectivity index (χ4v) is 1.63. The van der Waals surface area contributed by atoms with Crippen molar-refractivity contribution in [2.45, 2.75) is 12.8 Å². The van der Waals surface area contributed by atoms with Crippen molar-refractivity contribution in [1.29, 1.82) is 0 Å². The molecule has 0 bridgehead atoms. The Balaban J connectivity index is 2.61. The topological polar surface area (TPSA) is 63.8 Å². The highest BCUT2D eigenvalue weighted by atomic mass is 35.5. The Bertz CT molecular complexity index is 555. The maximum absolute atomic E-state index is 12.7. The molecular formula is C9H6ClF3N4O. The van der Waals surface area contributed by atoms with Gasteiger partial charge < -0.3 is 5.11 Å². The summed E-state index contributed by atoms with van der Waals surface area (Å²) in [6.45, 7) is -0.867. The lowest BCUT2D eigenvalue weighted by Gasteiger charge is -2.03. The van der Waals surface area contributed by atoms with Crippen LogP contribution >= 0.6 is 11.6 Å². The third kappa shape index (κ3) is 2.16. The van der Waals surface area contributed by atoms with Gasteiger partial charge in [0.25, 0.3) is 0 Å². The first-order valence-electron chi connectivity index (χ1n) is 4.68. The molecule has 0 radical (unpaired) electrons. The molecule has 2 rings (SSSR count). The number of aliphatic hydroxyl groups is 1. The fourth-order valence-electron chi connectivity index (χ4n) is 1.36. The van der Waals surface area contributed by atoms with Gasteiger partial charge in [0.1, 0.15) is 5.15 Å². The third-order valence-corrected chi connectivity index (χ3v) is 2.51. The number of aliphatic hydroxyl groups excluding tert-OH is 1. The van der Waals surface area contributed by atoms with Gasteiger partial charge in [-0.05, 0) is 12.1 Å². The Morgan fingerprint density at radius 3 is 2.56 bits per heavy atom. The van der Waals surface area contributed by atoms with Crippen LogP contribution in [-0.2, 0) is 12.8 Å². The van der Waals surface area contributed by atoms with E-state index in [0.29, 0.717) is 0 Å². The molecule has 0 saturated carbocycles. The summed E-state index contributed by atoms with van der Waals surface area (Å²) in [7, 11) is 0. The Labute approximate surface area is 104 Å². The molecule has 0 aliphatic carbocycles. The highest BCUT2D eigenvalue weighted by molar-refractivity contribution is 6.30. The van der Waals surface area contributed by atoms with Crippen LogP contribution in [-0.4, -0.2) is 25.1 Å². The first kappa shape index (κ1) is 12.8. The molecular weight excluding hydrogens is 273 g/mol. The van der Waals surface area contributed by atoms with Crippen LogP contribution in [0.4, 0.5) is 13.2 Å². The normalized spacial score (nSPS) is 11.8. The molecule has 2 aromatic heterocycles. The van der Waals surface area contributed by atoms with Gasteiger partial charge in [-0.15, -0.1) is 5.10 Å². The molecule has 0 spiro atoms. The van der Waals surface area contributed by atoms with Crippen molar-refractivity contribution in [2.24, 2.45) is 0 Å². The van der Waals surface area contributed by atoms with Gasteiger partial charge in [0.15, 0.2) is 11.5 Å². The van der Waals surface area contributed by atoms with Gasteiger partial charge in [0.2, 0.25) is 0 Å². The summed E-state index contributed by atoms with van der Waals surface area (Å²) in [5.74, 6) is 0.0349. The Kier molecular flexibility index (Phi) is 3.22. The molecule has 18 heavy (non-hydrogen) atoms. The molecule has 0 aliphatic rings. The predicted molar refractivity (Wildman–Crippen MR) is 55.1 cm³/mol. The molecule has 5 nitrogen and oxygen atoms in total. The second-order valence-corrected chi connectivity index (χ2v) is 3.63. The molecule has 2 heterocycles. The van der Waals surface area contributed by atoms with Crippen LogP contribution in [0.15, 0.2) is 18.3 Å². The second kappa shape index (κ2) is 4.54. The van der Waals surface area contributed by atoms with Gasteiger partial charge in [-0.25, -0.2) is 4.68 Å². The average Bonchev–Trinajstić information content (AvgIpc) is 2.67. The zero-order chi connectivity index (χ0) is 13.3. The maximum atomic E-state index is 12.7. The van der Waals surface area contributed by atoms with Crippen LogP contribution in [0.2, 0.25) is 5.15 Å². The monoisotopic (exact) mass is 278 g/mol. The average molecular weight is 279 g/mol. The number of hydrogen-bond acceptors (Lipinski definition) is 4. The largest absolute Gasteiger partial charge is 0.435 e. The van der Waals surface area contributed by atoms with Crippen LogP contribution in [0.1, 0.15) is 11.3 Å². The third-order valence-electron chi connectivity index (χ3n) is 2.12. The van der Waals surface area contributed by atoms with Crippen molar-refractivity contribution in [1.82, 2.24) is 20.0 Å². The summed E-state index contributed by atoms with van der Waals surface area (Å²) in [6, 6.07) is 2.87. The minimum absolute atomic E-state index is 0.0349. The lowest BCUT2D eigenvalue weighted by atomic mass is 10.2. The van der Waals surface area contributed by atoms with Crippen molar-refractivity contribution in [3.63, 3.8) is 0 Å². The number of rotatable bonds is 2. The highest BCUT2D eigenvalue weighted by Gasteiger charge is 2.39. The van der Waals surface area contributed by atoms with Crippen LogP contribution < -0.4 is 0 Å². The van der Waals surface area contributed by atoms with Crippen molar-refractivity contribution < 1.29 is 18.3 Å². The maximum Gasteiger partial charge on any atom is 0.435 e. The van der Waals surface area contributed by atoms with E-state index in [9.17, 15) is 13.2 Å². The molecule has 1 N–H and O–H groups in total. The molecule has 0 aliphatic heterocycles. The summed E-state index contributed by atoms with van der Waals surface area (Å²) in [6.07, 6.45) is -3.34. The van der Waals surface area contributed by atoms with E-state index >= 15 is 0 Å². The number of halogens is 4. The molecule has 2 aromatic rings. The lowest BCUT2D eigenvalue weighted by molar-refractivity contribution is -0.142. The van der Waals surface area contributed by atoms with E-state index in [-0.39, 0.29) is 11.0 Å². The molecule has 0 amide bonds. The first-order valence-corrected chi connectivity index (χ1v) is 5.06. The molecule has 0 fully saturated rings. The first-order chi connectivity index (χ1) is 8.45. The minimum atomic E-state index is -4.70. The van der Waals surface area contributed by atoms with Gasteiger partial charge in [-0.3, -0.25) is 0 Å².